The fraction of sp³-hybridized carbons (Fsp3) is 0.536. The zero-order chi connectivity index (χ0) is 25.1. The molecular formula is C28H35NO6. The molecule has 1 aromatic carbocycles. The molecule has 0 amide bonds. The molecule has 7 heteroatoms. The quantitative estimate of drug-likeness (QED) is 0.470. The number of methoxy groups -OCH3 is 1. The molecule has 7 nitrogen and oxygen atoms in total. The van der Waals surface area contributed by atoms with E-state index in [4.69, 9.17) is 14.2 Å². The van der Waals surface area contributed by atoms with E-state index in [2.05, 4.69) is 5.32 Å². The molecule has 35 heavy (non-hydrogen) atoms. The van der Waals surface area contributed by atoms with Gasteiger partial charge < -0.3 is 19.5 Å². The van der Waals surface area contributed by atoms with Crippen LogP contribution in [0.2, 0.25) is 0 Å². The van der Waals surface area contributed by atoms with Crippen LogP contribution >= 0.6 is 0 Å². The first-order valence-electron chi connectivity index (χ1n) is 12.6. The van der Waals surface area contributed by atoms with Crippen molar-refractivity contribution >= 4 is 17.7 Å². The van der Waals surface area contributed by atoms with Gasteiger partial charge in [-0.3, -0.25) is 9.59 Å². The highest BCUT2D eigenvalue weighted by Gasteiger charge is 2.48. The first-order valence-corrected chi connectivity index (χ1v) is 12.6. The van der Waals surface area contributed by atoms with E-state index in [0.717, 1.165) is 37.8 Å². The molecule has 1 heterocycles. The van der Waals surface area contributed by atoms with Crippen LogP contribution in [0.5, 0.6) is 5.75 Å². The number of esters is 2. The largest absolute Gasteiger partial charge is 0.494 e. The number of rotatable bonds is 6. The molecule has 1 aliphatic heterocycles. The molecule has 2 aliphatic carbocycles. The Balaban J connectivity index is 1.82. The molecular weight excluding hydrogens is 446 g/mol. The molecule has 1 aromatic rings. The van der Waals surface area contributed by atoms with E-state index in [1.807, 2.05) is 45.0 Å². The number of para-hydroxylation sites is 1. The zero-order valence-electron chi connectivity index (χ0n) is 21.0. The van der Waals surface area contributed by atoms with Gasteiger partial charge in [-0.1, -0.05) is 31.5 Å². The van der Waals surface area contributed by atoms with Crippen molar-refractivity contribution in [1.29, 1.82) is 0 Å². The van der Waals surface area contributed by atoms with Crippen molar-refractivity contribution in [3.8, 4) is 5.75 Å². The molecule has 4 rings (SSSR count). The third kappa shape index (κ3) is 4.86. The van der Waals surface area contributed by atoms with E-state index in [9.17, 15) is 14.4 Å². The SMILES string of the molecule is CCOc1ccccc1[C@@H]1C(C(=O)OC2CCCCC2)=C(C)NC2=C1C(=O)[C@@H](C(=O)OC)[C@H](C)C2. The van der Waals surface area contributed by atoms with Crippen molar-refractivity contribution < 1.29 is 28.6 Å². The molecule has 0 bridgehead atoms. The number of hydrogen-bond acceptors (Lipinski definition) is 7. The van der Waals surface area contributed by atoms with Crippen molar-refractivity contribution in [1.82, 2.24) is 5.32 Å². The van der Waals surface area contributed by atoms with Gasteiger partial charge in [0.05, 0.1) is 25.2 Å². The minimum absolute atomic E-state index is 0.125. The fourth-order valence-corrected chi connectivity index (χ4v) is 5.67. The van der Waals surface area contributed by atoms with Crippen LogP contribution in [0, 0.1) is 11.8 Å². The van der Waals surface area contributed by atoms with Crippen molar-refractivity contribution in [2.24, 2.45) is 11.8 Å². The summed E-state index contributed by atoms with van der Waals surface area (Å²) in [5, 5.41) is 3.32. The summed E-state index contributed by atoms with van der Waals surface area (Å²) < 4.78 is 16.9. The maximum absolute atomic E-state index is 13.9. The summed E-state index contributed by atoms with van der Waals surface area (Å²) in [4.78, 5) is 40.1. The smallest absolute Gasteiger partial charge is 0.337 e. The van der Waals surface area contributed by atoms with E-state index in [-0.39, 0.29) is 17.8 Å². The Kier molecular flexibility index (Phi) is 7.63. The third-order valence-corrected chi connectivity index (χ3v) is 7.32. The van der Waals surface area contributed by atoms with Crippen LogP contribution in [-0.2, 0) is 23.9 Å². The average Bonchev–Trinajstić information content (AvgIpc) is 2.84. The van der Waals surface area contributed by atoms with Crippen LogP contribution in [0.15, 0.2) is 46.8 Å². The van der Waals surface area contributed by atoms with E-state index in [1.54, 1.807) is 0 Å². The number of ether oxygens (including phenoxy) is 3. The normalized spacial score (nSPS) is 25.0. The predicted molar refractivity (Wildman–Crippen MR) is 130 cm³/mol. The summed E-state index contributed by atoms with van der Waals surface area (Å²) in [7, 11) is 1.30. The van der Waals surface area contributed by atoms with Gasteiger partial charge in [-0.05, 0) is 57.9 Å². The van der Waals surface area contributed by atoms with Crippen LogP contribution in [0.1, 0.15) is 70.8 Å². The first-order chi connectivity index (χ1) is 16.9. The Hall–Kier alpha value is -3.09. The Morgan fingerprint density at radius 1 is 1.11 bits per heavy atom. The topological polar surface area (TPSA) is 90.9 Å². The standard InChI is InChI=1S/C28H35NO6/c1-5-34-21-14-10-9-13-19(21)24-23(28(32)35-18-11-7-6-8-12-18)17(3)29-20-15-16(2)22(27(31)33-4)26(30)25(20)24/h9-10,13-14,16,18,22,24,29H,5-8,11-12,15H2,1-4H3/t16-,22+,24-/m1/s1. The lowest BCUT2D eigenvalue weighted by Crippen LogP contribution is -2.43. The van der Waals surface area contributed by atoms with Gasteiger partial charge in [-0.25, -0.2) is 4.79 Å². The van der Waals surface area contributed by atoms with Gasteiger partial charge in [-0.2, -0.15) is 0 Å². The van der Waals surface area contributed by atoms with Crippen LogP contribution in [0.3, 0.4) is 0 Å². The van der Waals surface area contributed by atoms with Gasteiger partial charge in [0.2, 0.25) is 0 Å². The summed E-state index contributed by atoms with van der Waals surface area (Å²) in [6.07, 6.45) is 5.30. The Labute approximate surface area is 206 Å². The molecule has 3 atom stereocenters. The minimum Gasteiger partial charge on any atom is -0.494 e. The summed E-state index contributed by atoms with van der Waals surface area (Å²) >= 11 is 0. The maximum atomic E-state index is 13.9. The van der Waals surface area contributed by atoms with Crippen molar-refractivity contribution in [3.05, 3.63) is 52.4 Å². The minimum atomic E-state index is -0.920. The van der Waals surface area contributed by atoms with Crippen LogP contribution in [-0.4, -0.2) is 37.5 Å². The van der Waals surface area contributed by atoms with E-state index >= 15 is 0 Å². The number of allylic oxidation sites excluding steroid dienone is 3. The number of benzene rings is 1. The summed E-state index contributed by atoms with van der Waals surface area (Å²) in [6, 6.07) is 7.45. The van der Waals surface area contributed by atoms with Crippen LogP contribution < -0.4 is 10.1 Å². The molecule has 0 radical (unpaired) electrons. The second kappa shape index (κ2) is 10.7. The number of carbonyl (C=O) groups excluding carboxylic acids is 3. The highest BCUT2D eigenvalue weighted by atomic mass is 16.5. The highest BCUT2D eigenvalue weighted by Crippen LogP contribution is 2.47. The van der Waals surface area contributed by atoms with Crippen LogP contribution in [0.4, 0.5) is 0 Å². The van der Waals surface area contributed by atoms with E-state index in [1.165, 1.54) is 7.11 Å². The molecule has 1 saturated carbocycles. The van der Waals surface area contributed by atoms with Gasteiger partial charge in [0.15, 0.2) is 5.78 Å². The summed E-state index contributed by atoms with van der Waals surface area (Å²) in [5.41, 5.74) is 2.94. The Bertz CT molecular complexity index is 1060. The second-order valence-electron chi connectivity index (χ2n) is 9.67. The molecule has 3 aliphatic rings. The third-order valence-electron chi connectivity index (χ3n) is 7.32. The van der Waals surface area contributed by atoms with Crippen molar-refractivity contribution in [2.45, 2.75) is 71.3 Å². The van der Waals surface area contributed by atoms with Crippen LogP contribution in [0.25, 0.3) is 0 Å². The van der Waals surface area contributed by atoms with Gasteiger partial charge in [0.25, 0.3) is 0 Å². The molecule has 1 N–H and O–H groups in total. The Morgan fingerprint density at radius 3 is 2.51 bits per heavy atom. The zero-order valence-corrected chi connectivity index (χ0v) is 21.0. The van der Waals surface area contributed by atoms with Gasteiger partial charge in [0.1, 0.15) is 17.8 Å². The number of Topliss-reactive ketones (excluding diaryl/α,β-unsaturated/α-hetero) is 1. The maximum Gasteiger partial charge on any atom is 0.337 e. The second-order valence-corrected chi connectivity index (χ2v) is 9.67. The summed E-state index contributed by atoms with van der Waals surface area (Å²) in [5.74, 6) is -2.54. The van der Waals surface area contributed by atoms with E-state index < -0.39 is 23.8 Å². The predicted octanol–water partition coefficient (Wildman–Crippen LogP) is 4.57. The van der Waals surface area contributed by atoms with Gasteiger partial charge in [-0.15, -0.1) is 0 Å². The number of dihydropyridines is 1. The fourth-order valence-electron chi connectivity index (χ4n) is 5.67. The van der Waals surface area contributed by atoms with E-state index in [0.29, 0.717) is 41.2 Å². The average molecular weight is 482 g/mol. The molecule has 0 unspecified atom stereocenters. The highest BCUT2D eigenvalue weighted by molar-refractivity contribution is 6.12. The Morgan fingerprint density at radius 2 is 1.83 bits per heavy atom. The van der Waals surface area contributed by atoms with Crippen molar-refractivity contribution in [2.75, 3.05) is 13.7 Å². The number of carbonyl (C=O) groups is 3. The van der Waals surface area contributed by atoms with Crippen molar-refractivity contribution in [3.63, 3.8) is 0 Å². The molecule has 0 aromatic heterocycles. The monoisotopic (exact) mass is 481 g/mol. The molecule has 0 spiro atoms. The lowest BCUT2D eigenvalue weighted by molar-refractivity contribution is -0.151. The number of hydrogen-bond donors (Lipinski definition) is 1. The lowest BCUT2D eigenvalue weighted by Gasteiger charge is -2.39. The number of nitrogens with one attached hydrogen (secondary N) is 1. The van der Waals surface area contributed by atoms with Gasteiger partial charge in [0, 0.05) is 22.5 Å². The molecule has 188 valence electrons. The molecule has 1 fully saturated rings. The lowest BCUT2D eigenvalue weighted by atomic mass is 9.69. The number of ketones is 1. The first kappa shape index (κ1) is 25.0. The summed E-state index contributed by atoms with van der Waals surface area (Å²) in [6.45, 7) is 6.05. The molecule has 0 saturated heterocycles. The van der Waals surface area contributed by atoms with Gasteiger partial charge >= 0.3 is 11.9 Å².